The molecule has 8 nitrogen and oxygen atoms in total. The summed E-state index contributed by atoms with van der Waals surface area (Å²) in [6.07, 6.45) is 2.83. The van der Waals surface area contributed by atoms with E-state index < -0.39 is 5.91 Å². The lowest BCUT2D eigenvalue weighted by molar-refractivity contribution is 0.100. The quantitative estimate of drug-likeness (QED) is 0.751. The maximum atomic E-state index is 11.0. The van der Waals surface area contributed by atoms with Crippen LogP contribution in [0.4, 0.5) is 5.82 Å². The van der Waals surface area contributed by atoms with Gasteiger partial charge >= 0.3 is 0 Å². The van der Waals surface area contributed by atoms with E-state index in [1.807, 2.05) is 0 Å². The molecule has 0 radical (unpaired) electrons. The molecule has 8 heteroatoms. The molecule has 2 heterocycles. The molecule has 1 amide bonds. The van der Waals surface area contributed by atoms with Crippen LogP contribution in [-0.2, 0) is 11.3 Å². The Morgan fingerprint density at radius 1 is 1.50 bits per heavy atom. The number of carbonyl (C=O) groups excluding carboxylic acids is 1. The van der Waals surface area contributed by atoms with Gasteiger partial charge in [-0.25, -0.2) is 14.6 Å². The number of nitrogens with two attached hydrogens (primary N) is 2. The van der Waals surface area contributed by atoms with Gasteiger partial charge in [-0.05, 0) is 0 Å². The zero-order valence-corrected chi connectivity index (χ0v) is 9.70. The first-order valence-electron chi connectivity index (χ1n) is 5.07. The van der Waals surface area contributed by atoms with Gasteiger partial charge in [0.05, 0.1) is 11.8 Å². The molecule has 0 aromatic carbocycles. The summed E-state index contributed by atoms with van der Waals surface area (Å²) in [5, 5.41) is 3.98. The van der Waals surface area contributed by atoms with Crippen molar-refractivity contribution in [3.63, 3.8) is 0 Å². The summed E-state index contributed by atoms with van der Waals surface area (Å²) in [6, 6.07) is 1.54. The fraction of sp³-hybridized carbons (Fsp3) is 0.200. The van der Waals surface area contributed by atoms with Gasteiger partial charge in [0.15, 0.2) is 11.6 Å². The number of ether oxygens (including phenoxy) is 1. The van der Waals surface area contributed by atoms with Crippen molar-refractivity contribution in [1.29, 1.82) is 0 Å². The van der Waals surface area contributed by atoms with Gasteiger partial charge in [-0.15, -0.1) is 0 Å². The van der Waals surface area contributed by atoms with Crippen molar-refractivity contribution in [3.8, 4) is 5.82 Å². The summed E-state index contributed by atoms with van der Waals surface area (Å²) in [7, 11) is 1.53. The molecule has 94 valence electrons. The molecular weight excluding hydrogens is 236 g/mol. The number of anilines is 1. The lowest BCUT2D eigenvalue weighted by atomic mass is 10.3. The van der Waals surface area contributed by atoms with Gasteiger partial charge in [0.25, 0.3) is 5.91 Å². The number of hydrogen-bond donors (Lipinski definition) is 2. The average molecular weight is 248 g/mol. The Morgan fingerprint density at radius 3 is 2.89 bits per heavy atom. The van der Waals surface area contributed by atoms with E-state index in [0.29, 0.717) is 23.0 Å². The second-order valence-electron chi connectivity index (χ2n) is 3.54. The van der Waals surface area contributed by atoms with Crippen LogP contribution in [0.2, 0.25) is 0 Å². The summed E-state index contributed by atoms with van der Waals surface area (Å²) >= 11 is 0. The van der Waals surface area contributed by atoms with E-state index in [4.69, 9.17) is 16.2 Å². The molecule has 0 aliphatic rings. The standard InChI is InChI=1S/C10H12N6O2/c1-18-5-8-14-7(11)2-9(15-8)16-4-6(3-13-16)10(12)17/h2-4H,5H2,1H3,(H2,12,17)(H2,11,14,15). The molecule has 0 atom stereocenters. The monoisotopic (exact) mass is 248 g/mol. The summed E-state index contributed by atoms with van der Waals surface area (Å²) in [5.41, 5.74) is 11.1. The van der Waals surface area contributed by atoms with Crippen LogP contribution in [0.15, 0.2) is 18.5 Å². The second kappa shape index (κ2) is 4.80. The largest absolute Gasteiger partial charge is 0.384 e. The zero-order valence-electron chi connectivity index (χ0n) is 9.70. The van der Waals surface area contributed by atoms with Gasteiger partial charge in [-0.3, -0.25) is 4.79 Å². The van der Waals surface area contributed by atoms with Gasteiger partial charge in [-0.1, -0.05) is 0 Å². The van der Waals surface area contributed by atoms with E-state index >= 15 is 0 Å². The molecule has 0 fully saturated rings. The minimum absolute atomic E-state index is 0.238. The van der Waals surface area contributed by atoms with Gasteiger partial charge in [-0.2, -0.15) is 5.10 Å². The SMILES string of the molecule is COCc1nc(N)cc(-n2cc(C(N)=O)cn2)n1. The summed E-state index contributed by atoms with van der Waals surface area (Å²) in [5.74, 6) is 0.620. The average Bonchev–Trinajstić information content (AvgIpc) is 2.78. The summed E-state index contributed by atoms with van der Waals surface area (Å²) in [4.78, 5) is 19.2. The third-order valence-corrected chi connectivity index (χ3v) is 2.15. The molecule has 0 unspecified atom stereocenters. The Hall–Kier alpha value is -2.48. The number of aromatic nitrogens is 4. The van der Waals surface area contributed by atoms with Crippen molar-refractivity contribution in [2.45, 2.75) is 6.61 Å². The Kier molecular flexibility index (Phi) is 3.20. The van der Waals surface area contributed by atoms with Crippen LogP contribution in [0.25, 0.3) is 5.82 Å². The molecule has 2 aromatic rings. The highest BCUT2D eigenvalue weighted by molar-refractivity contribution is 5.92. The molecule has 0 bridgehead atoms. The number of amides is 1. The molecule has 0 spiro atoms. The van der Waals surface area contributed by atoms with Crippen molar-refractivity contribution < 1.29 is 9.53 Å². The number of methoxy groups -OCH3 is 1. The molecule has 0 saturated carbocycles. The molecule has 0 saturated heterocycles. The van der Waals surface area contributed by atoms with Crippen molar-refractivity contribution in [2.75, 3.05) is 12.8 Å². The second-order valence-corrected chi connectivity index (χ2v) is 3.54. The number of primary amides is 1. The molecule has 18 heavy (non-hydrogen) atoms. The summed E-state index contributed by atoms with van der Waals surface area (Å²) in [6.45, 7) is 0.238. The van der Waals surface area contributed by atoms with Crippen molar-refractivity contribution in [2.24, 2.45) is 5.73 Å². The Bertz CT molecular complexity index is 579. The number of nitrogens with zero attached hydrogens (tertiary/aromatic N) is 4. The van der Waals surface area contributed by atoms with Gasteiger partial charge in [0.1, 0.15) is 12.4 Å². The number of rotatable bonds is 4. The first-order chi connectivity index (χ1) is 8.60. The fourth-order valence-electron chi connectivity index (χ4n) is 1.39. The van der Waals surface area contributed by atoms with Gasteiger partial charge < -0.3 is 16.2 Å². The third kappa shape index (κ3) is 2.43. The van der Waals surface area contributed by atoms with Crippen molar-refractivity contribution >= 4 is 11.7 Å². The van der Waals surface area contributed by atoms with E-state index in [-0.39, 0.29) is 6.61 Å². The minimum atomic E-state index is -0.555. The highest BCUT2D eigenvalue weighted by atomic mass is 16.5. The predicted molar refractivity (Wildman–Crippen MR) is 62.8 cm³/mol. The number of carbonyl (C=O) groups is 1. The topological polar surface area (TPSA) is 122 Å². The smallest absolute Gasteiger partial charge is 0.251 e. The molecule has 0 aliphatic carbocycles. The predicted octanol–water partition coefficient (Wildman–Crippen LogP) is -0.510. The summed E-state index contributed by atoms with van der Waals surface area (Å²) < 4.78 is 6.33. The van der Waals surface area contributed by atoms with E-state index in [9.17, 15) is 4.79 Å². The third-order valence-electron chi connectivity index (χ3n) is 2.15. The van der Waals surface area contributed by atoms with E-state index in [1.165, 1.54) is 30.3 Å². The Morgan fingerprint density at radius 2 is 2.28 bits per heavy atom. The molecule has 2 rings (SSSR count). The van der Waals surface area contributed by atoms with Crippen LogP contribution >= 0.6 is 0 Å². The highest BCUT2D eigenvalue weighted by Crippen LogP contribution is 2.09. The Balaban J connectivity index is 2.39. The number of hydrogen-bond acceptors (Lipinski definition) is 6. The van der Waals surface area contributed by atoms with Crippen LogP contribution < -0.4 is 11.5 Å². The van der Waals surface area contributed by atoms with E-state index in [2.05, 4.69) is 15.1 Å². The molecule has 2 aromatic heterocycles. The fourth-order valence-corrected chi connectivity index (χ4v) is 1.39. The maximum Gasteiger partial charge on any atom is 0.251 e. The van der Waals surface area contributed by atoms with Gasteiger partial charge in [0, 0.05) is 19.4 Å². The maximum absolute atomic E-state index is 11.0. The number of nitrogen functional groups attached to an aromatic ring is 1. The molecule has 4 N–H and O–H groups in total. The highest BCUT2D eigenvalue weighted by Gasteiger charge is 2.08. The normalized spacial score (nSPS) is 10.5. The van der Waals surface area contributed by atoms with Gasteiger partial charge in [0.2, 0.25) is 0 Å². The molecule has 0 aliphatic heterocycles. The molecular formula is C10H12N6O2. The van der Waals surface area contributed by atoms with Crippen LogP contribution in [-0.4, -0.2) is 32.8 Å². The van der Waals surface area contributed by atoms with E-state index in [0.717, 1.165) is 0 Å². The van der Waals surface area contributed by atoms with Crippen LogP contribution in [0.5, 0.6) is 0 Å². The first kappa shape index (κ1) is 12.0. The lowest BCUT2D eigenvalue weighted by Gasteiger charge is -2.04. The lowest BCUT2D eigenvalue weighted by Crippen LogP contribution is -2.10. The van der Waals surface area contributed by atoms with E-state index in [1.54, 1.807) is 0 Å². The van der Waals surface area contributed by atoms with Crippen molar-refractivity contribution in [1.82, 2.24) is 19.7 Å². The zero-order chi connectivity index (χ0) is 13.1. The first-order valence-corrected chi connectivity index (χ1v) is 5.07. The van der Waals surface area contributed by atoms with Crippen molar-refractivity contribution in [3.05, 3.63) is 29.8 Å². The Labute approximate surface area is 103 Å². The minimum Gasteiger partial charge on any atom is -0.384 e. The van der Waals surface area contributed by atoms with Crippen LogP contribution in [0, 0.1) is 0 Å². The van der Waals surface area contributed by atoms with Crippen LogP contribution in [0.3, 0.4) is 0 Å². The van der Waals surface area contributed by atoms with Crippen LogP contribution in [0.1, 0.15) is 16.2 Å².